The average Bonchev–Trinajstić information content (AvgIpc) is 2.82. The lowest BCUT2D eigenvalue weighted by Crippen LogP contribution is -2.57. The Bertz CT molecular complexity index is 480. The van der Waals surface area contributed by atoms with Crippen LogP contribution in [0.5, 0.6) is 0 Å². The molecular formula is C14H22N4O2. The van der Waals surface area contributed by atoms with E-state index < -0.39 is 5.54 Å². The van der Waals surface area contributed by atoms with Gasteiger partial charge in [0.15, 0.2) is 0 Å². The first-order valence-corrected chi connectivity index (χ1v) is 6.79. The maximum atomic E-state index is 12.3. The van der Waals surface area contributed by atoms with E-state index in [1.165, 1.54) is 0 Å². The number of nitrogens with zero attached hydrogens (tertiary/aromatic N) is 2. The Morgan fingerprint density at radius 3 is 3.10 bits per heavy atom. The molecule has 110 valence electrons. The number of nitrogen functional groups attached to an aromatic ring is 1. The van der Waals surface area contributed by atoms with Gasteiger partial charge in [0, 0.05) is 26.9 Å². The highest BCUT2D eigenvalue weighted by Crippen LogP contribution is 2.31. The maximum absolute atomic E-state index is 12.3. The van der Waals surface area contributed by atoms with E-state index in [4.69, 9.17) is 10.5 Å². The first-order chi connectivity index (χ1) is 9.62. The van der Waals surface area contributed by atoms with Crippen LogP contribution in [0.3, 0.4) is 0 Å². The molecule has 1 aliphatic heterocycles. The van der Waals surface area contributed by atoms with E-state index in [1.54, 1.807) is 20.4 Å². The second-order valence-electron chi connectivity index (χ2n) is 5.16. The van der Waals surface area contributed by atoms with Crippen LogP contribution < -0.4 is 11.1 Å². The maximum Gasteiger partial charge on any atom is 0.242 e. The van der Waals surface area contributed by atoms with Gasteiger partial charge >= 0.3 is 0 Å². The zero-order valence-corrected chi connectivity index (χ0v) is 12.1. The quantitative estimate of drug-likeness (QED) is 0.814. The van der Waals surface area contributed by atoms with E-state index in [0.29, 0.717) is 19.0 Å². The van der Waals surface area contributed by atoms with Crippen molar-refractivity contribution in [1.29, 1.82) is 0 Å². The molecule has 20 heavy (non-hydrogen) atoms. The molecule has 1 aromatic heterocycles. The molecule has 0 radical (unpaired) electrons. The molecule has 6 nitrogen and oxygen atoms in total. The second kappa shape index (κ2) is 6.19. The molecule has 0 bridgehead atoms. The van der Waals surface area contributed by atoms with Crippen molar-refractivity contribution in [3.05, 3.63) is 23.9 Å². The minimum atomic E-state index is -0.582. The molecule has 1 fully saturated rings. The Kier molecular flexibility index (Phi) is 4.57. The second-order valence-corrected chi connectivity index (χ2v) is 5.16. The van der Waals surface area contributed by atoms with Crippen LogP contribution in [0.2, 0.25) is 0 Å². The highest BCUT2D eigenvalue weighted by Gasteiger charge is 2.46. The summed E-state index contributed by atoms with van der Waals surface area (Å²) in [7, 11) is 3.30. The highest BCUT2D eigenvalue weighted by atomic mass is 16.5. The first-order valence-electron chi connectivity index (χ1n) is 6.79. The largest absolute Gasteiger partial charge is 0.384 e. The van der Waals surface area contributed by atoms with Crippen LogP contribution in [0, 0.1) is 0 Å². The smallest absolute Gasteiger partial charge is 0.242 e. The molecule has 1 aliphatic rings. The summed E-state index contributed by atoms with van der Waals surface area (Å²) >= 11 is 0. The third-order valence-electron chi connectivity index (χ3n) is 3.88. The zero-order chi connectivity index (χ0) is 14.6. The number of amides is 1. The Hall–Kier alpha value is -1.66. The zero-order valence-electron chi connectivity index (χ0n) is 12.1. The number of nitrogens with two attached hydrogens (primary N) is 1. The van der Waals surface area contributed by atoms with Crippen molar-refractivity contribution in [1.82, 2.24) is 15.2 Å². The summed E-state index contributed by atoms with van der Waals surface area (Å²) in [6.45, 7) is 1.94. The van der Waals surface area contributed by atoms with Crippen molar-refractivity contribution in [2.24, 2.45) is 0 Å². The van der Waals surface area contributed by atoms with Gasteiger partial charge in [-0.15, -0.1) is 0 Å². The van der Waals surface area contributed by atoms with E-state index >= 15 is 0 Å². The number of methoxy groups -OCH3 is 1. The number of carbonyl (C=O) groups is 1. The summed E-state index contributed by atoms with van der Waals surface area (Å²) < 4.78 is 5.30. The topological polar surface area (TPSA) is 80.5 Å². The van der Waals surface area contributed by atoms with Gasteiger partial charge in [0.25, 0.3) is 0 Å². The van der Waals surface area contributed by atoms with Gasteiger partial charge in [0.1, 0.15) is 11.4 Å². The molecule has 0 spiro atoms. The number of anilines is 1. The van der Waals surface area contributed by atoms with Gasteiger partial charge in [-0.25, -0.2) is 4.98 Å². The normalized spacial score (nSPS) is 22.9. The molecule has 2 heterocycles. The van der Waals surface area contributed by atoms with Gasteiger partial charge < -0.3 is 15.8 Å². The van der Waals surface area contributed by atoms with Gasteiger partial charge in [-0.3, -0.25) is 9.69 Å². The van der Waals surface area contributed by atoms with Gasteiger partial charge in [-0.05, 0) is 37.1 Å². The third kappa shape index (κ3) is 2.76. The summed E-state index contributed by atoms with van der Waals surface area (Å²) in [5, 5.41) is 2.76. The van der Waals surface area contributed by atoms with Crippen molar-refractivity contribution in [2.75, 3.05) is 33.0 Å². The minimum Gasteiger partial charge on any atom is -0.384 e. The van der Waals surface area contributed by atoms with Crippen LogP contribution in [0.15, 0.2) is 18.3 Å². The van der Waals surface area contributed by atoms with Crippen LogP contribution >= 0.6 is 0 Å². The number of hydrogen-bond acceptors (Lipinski definition) is 5. The number of nitrogens with one attached hydrogen (secondary N) is 1. The predicted molar refractivity (Wildman–Crippen MR) is 77.0 cm³/mol. The van der Waals surface area contributed by atoms with E-state index in [2.05, 4.69) is 15.2 Å². The van der Waals surface area contributed by atoms with E-state index in [9.17, 15) is 4.79 Å². The predicted octanol–water partition coefficient (Wildman–Crippen LogP) is 0.391. The fourth-order valence-electron chi connectivity index (χ4n) is 2.94. The number of pyridine rings is 1. The van der Waals surface area contributed by atoms with E-state index in [0.717, 1.165) is 24.9 Å². The molecule has 0 aromatic carbocycles. The fraction of sp³-hybridized carbons (Fsp3) is 0.571. The Morgan fingerprint density at radius 2 is 2.45 bits per heavy atom. The van der Waals surface area contributed by atoms with Crippen molar-refractivity contribution >= 4 is 11.7 Å². The third-order valence-corrected chi connectivity index (χ3v) is 3.88. The summed E-state index contributed by atoms with van der Waals surface area (Å²) in [6, 6.07) is 3.77. The Morgan fingerprint density at radius 1 is 1.65 bits per heavy atom. The summed E-state index contributed by atoms with van der Waals surface area (Å²) in [4.78, 5) is 18.5. The van der Waals surface area contributed by atoms with Crippen molar-refractivity contribution in [3.8, 4) is 0 Å². The number of likely N-dealkylation sites (N-methyl/N-ethyl adjacent to an activating group) is 1. The molecule has 1 amide bonds. The standard InChI is InChI=1S/C14H22N4O2/c1-16-13(19)14(10-20-2)5-3-7-18(14)9-11-4-6-17-12(15)8-11/h4,6,8H,3,5,7,9-10H2,1-2H3,(H2,15,17)(H,16,19). The molecule has 0 aliphatic carbocycles. The summed E-state index contributed by atoms with van der Waals surface area (Å²) in [5.41, 5.74) is 6.19. The highest BCUT2D eigenvalue weighted by molar-refractivity contribution is 5.86. The van der Waals surface area contributed by atoms with Gasteiger partial charge in [-0.1, -0.05) is 0 Å². The lowest BCUT2D eigenvalue weighted by Gasteiger charge is -2.36. The molecule has 3 N–H and O–H groups in total. The lowest BCUT2D eigenvalue weighted by molar-refractivity contribution is -0.135. The number of likely N-dealkylation sites (tertiary alicyclic amines) is 1. The molecule has 0 saturated carbocycles. The average molecular weight is 278 g/mol. The SMILES string of the molecule is CNC(=O)C1(COC)CCCN1Cc1ccnc(N)c1. The van der Waals surface area contributed by atoms with Crippen molar-refractivity contribution < 1.29 is 9.53 Å². The fourth-order valence-corrected chi connectivity index (χ4v) is 2.94. The molecule has 1 aromatic rings. The summed E-state index contributed by atoms with van der Waals surface area (Å²) in [5.74, 6) is 0.512. The van der Waals surface area contributed by atoms with Crippen LogP contribution in [0.1, 0.15) is 18.4 Å². The Labute approximate surface area is 119 Å². The first kappa shape index (κ1) is 14.7. The van der Waals surface area contributed by atoms with Crippen LogP contribution in [0.25, 0.3) is 0 Å². The number of aromatic nitrogens is 1. The van der Waals surface area contributed by atoms with Gasteiger partial charge in [0.05, 0.1) is 6.61 Å². The Balaban J connectivity index is 2.22. The monoisotopic (exact) mass is 278 g/mol. The van der Waals surface area contributed by atoms with Crippen LogP contribution in [-0.2, 0) is 16.1 Å². The number of hydrogen-bond donors (Lipinski definition) is 2. The number of rotatable bonds is 5. The van der Waals surface area contributed by atoms with E-state index in [-0.39, 0.29) is 5.91 Å². The molecule has 1 atom stereocenters. The number of carbonyl (C=O) groups excluding carboxylic acids is 1. The van der Waals surface area contributed by atoms with Crippen LogP contribution in [-0.4, -0.2) is 48.6 Å². The molecule has 1 unspecified atom stereocenters. The molecule has 6 heteroatoms. The lowest BCUT2D eigenvalue weighted by atomic mass is 9.95. The molecular weight excluding hydrogens is 256 g/mol. The molecule has 1 saturated heterocycles. The van der Waals surface area contributed by atoms with E-state index in [1.807, 2.05) is 12.1 Å². The van der Waals surface area contributed by atoms with Gasteiger partial charge in [-0.2, -0.15) is 0 Å². The summed E-state index contributed by atoms with van der Waals surface area (Å²) in [6.07, 6.45) is 3.48. The minimum absolute atomic E-state index is 0.0129. The van der Waals surface area contributed by atoms with Crippen molar-refractivity contribution in [2.45, 2.75) is 24.9 Å². The van der Waals surface area contributed by atoms with Crippen LogP contribution in [0.4, 0.5) is 5.82 Å². The number of ether oxygens (including phenoxy) is 1. The van der Waals surface area contributed by atoms with Gasteiger partial charge in [0.2, 0.25) is 5.91 Å². The van der Waals surface area contributed by atoms with Crippen molar-refractivity contribution in [3.63, 3.8) is 0 Å². The molecule has 2 rings (SSSR count).